The first-order valence-electron chi connectivity index (χ1n) is 6.75. The average molecular weight is 287 g/mol. The molecule has 1 aromatic heterocycles. The van der Waals surface area contributed by atoms with Gasteiger partial charge in [-0.1, -0.05) is 29.5 Å². The van der Waals surface area contributed by atoms with Crippen LogP contribution in [0.4, 0.5) is 10.8 Å². The Morgan fingerprint density at radius 3 is 2.35 bits per heavy atom. The fraction of sp³-hybridized carbons (Fsp3) is 0.333. The maximum absolute atomic E-state index is 10.9. The number of aryl methyl sites for hydroxylation is 1. The van der Waals surface area contributed by atoms with Gasteiger partial charge in [0.2, 0.25) is 0 Å². The average Bonchev–Trinajstić information content (AvgIpc) is 2.89. The summed E-state index contributed by atoms with van der Waals surface area (Å²) in [6, 6.07) is 10.5. The first-order valence-corrected chi connectivity index (χ1v) is 7.57. The van der Waals surface area contributed by atoms with Gasteiger partial charge in [-0.3, -0.25) is 4.79 Å². The van der Waals surface area contributed by atoms with E-state index in [9.17, 15) is 4.79 Å². The lowest BCUT2D eigenvalue weighted by Gasteiger charge is -2.35. The fourth-order valence-electron chi connectivity index (χ4n) is 2.43. The number of aldehydes is 1. The van der Waals surface area contributed by atoms with Crippen molar-refractivity contribution in [1.29, 1.82) is 0 Å². The predicted molar refractivity (Wildman–Crippen MR) is 83.1 cm³/mol. The molecule has 0 saturated carbocycles. The number of hydrogen-bond donors (Lipinski definition) is 0. The summed E-state index contributed by atoms with van der Waals surface area (Å²) < 4.78 is 0. The highest BCUT2D eigenvalue weighted by atomic mass is 32.1. The summed E-state index contributed by atoms with van der Waals surface area (Å²) in [7, 11) is 0. The highest BCUT2D eigenvalue weighted by molar-refractivity contribution is 7.17. The summed E-state index contributed by atoms with van der Waals surface area (Å²) in [5.41, 5.74) is 2.11. The summed E-state index contributed by atoms with van der Waals surface area (Å²) >= 11 is 1.49. The van der Waals surface area contributed by atoms with Gasteiger partial charge < -0.3 is 9.80 Å². The first kappa shape index (κ1) is 13.1. The van der Waals surface area contributed by atoms with Crippen molar-refractivity contribution in [2.24, 2.45) is 0 Å². The lowest BCUT2D eigenvalue weighted by molar-refractivity contribution is 0.112. The highest BCUT2D eigenvalue weighted by Crippen LogP contribution is 2.26. The summed E-state index contributed by atoms with van der Waals surface area (Å²) in [4.78, 5) is 20.8. The summed E-state index contributed by atoms with van der Waals surface area (Å²) in [6.45, 7) is 5.75. The number of aromatic nitrogens is 1. The van der Waals surface area contributed by atoms with Crippen molar-refractivity contribution in [3.05, 3.63) is 40.9 Å². The molecular formula is C15H17N3OS. The molecule has 0 radical (unpaired) electrons. The van der Waals surface area contributed by atoms with Crippen LogP contribution in [0.3, 0.4) is 0 Å². The maximum atomic E-state index is 10.9. The van der Waals surface area contributed by atoms with Crippen LogP contribution in [0, 0.1) is 6.92 Å². The zero-order chi connectivity index (χ0) is 13.9. The molecule has 2 aromatic rings. The second-order valence-electron chi connectivity index (χ2n) is 4.87. The van der Waals surface area contributed by atoms with E-state index >= 15 is 0 Å². The fourth-order valence-corrected chi connectivity index (χ4v) is 3.37. The number of carbonyl (C=O) groups is 1. The van der Waals surface area contributed by atoms with Crippen LogP contribution in [0.1, 0.15) is 15.4 Å². The molecule has 1 aliphatic rings. The van der Waals surface area contributed by atoms with E-state index in [1.54, 1.807) is 0 Å². The molecule has 4 nitrogen and oxygen atoms in total. The Hall–Kier alpha value is -1.88. The van der Waals surface area contributed by atoms with Crippen LogP contribution >= 0.6 is 11.3 Å². The van der Waals surface area contributed by atoms with E-state index in [2.05, 4.69) is 39.0 Å². The Balaban J connectivity index is 1.67. The second-order valence-corrected chi connectivity index (χ2v) is 5.88. The molecule has 0 bridgehead atoms. The Morgan fingerprint density at radius 2 is 1.75 bits per heavy atom. The van der Waals surface area contributed by atoms with Gasteiger partial charge in [0.1, 0.15) is 0 Å². The maximum Gasteiger partial charge on any atom is 0.186 e. The van der Waals surface area contributed by atoms with Crippen molar-refractivity contribution >= 4 is 28.4 Å². The van der Waals surface area contributed by atoms with Gasteiger partial charge in [0.15, 0.2) is 11.4 Å². The van der Waals surface area contributed by atoms with Gasteiger partial charge in [-0.25, -0.2) is 4.98 Å². The lowest BCUT2D eigenvalue weighted by Crippen LogP contribution is -2.46. The Bertz CT molecular complexity index is 588. The van der Waals surface area contributed by atoms with Crippen molar-refractivity contribution < 1.29 is 4.79 Å². The molecule has 0 atom stereocenters. The van der Waals surface area contributed by atoms with Crippen LogP contribution in [0.5, 0.6) is 0 Å². The van der Waals surface area contributed by atoms with Crippen molar-refractivity contribution in [3.8, 4) is 0 Å². The number of thiazole rings is 1. The summed E-state index contributed by atoms with van der Waals surface area (Å²) in [6.07, 6.45) is 0.900. The zero-order valence-electron chi connectivity index (χ0n) is 11.5. The van der Waals surface area contributed by atoms with Crippen molar-refractivity contribution in [3.63, 3.8) is 0 Å². The Morgan fingerprint density at radius 1 is 1.10 bits per heavy atom. The van der Waals surface area contributed by atoms with Crippen LogP contribution in [-0.4, -0.2) is 37.4 Å². The third-order valence-electron chi connectivity index (χ3n) is 3.60. The van der Waals surface area contributed by atoms with E-state index in [0.717, 1.165) is 48.2 Å². The van der Waals surface area contributed by atoms with Crippen LogP contribution < -0.4 is 9.80 Å². The Kier molecular flexibility index (Phi) is 3.69. The molecule has 0 unspecified atom stereocenters. The lowest BCUT2D eigenvalue weighted by atomic mass is 10.2. The SMILES string of the molecule is Cc1nc(N2CCN(c3ccccc3)CC2)sc1C=O. The molecule has 1 saturated heterocycles. The van der Waals surface area contributed by atoms with Crippen LogP contribution in [0.15, 0.2) is 30.3 Å². The molecule has 0 aliphatic carbocycles. The van der Waals surface area contributed by atoms with Crippen LogP contribution in [0.2, 0.25) is 0 Å². The Labute approximate surface area is 122 Å². The number of piperazine rings is 1. The minimum atomic E-state index is 0.741. The number of hydrogen-bond acceptors (Lipinski definition) is 5. The van der Waals surface area contributed by atoms with E-state index in [0.29, 0.717) is 0 Å². The third kappa shape index (κ3) is 2.54. The van der Waals surface area contributed by atoms with Gasteiger partial charge in [0, 0.05) is 31.9 Å². The number of nitrogens with zero attached hydrogens (tertiary/aromatic N) is 3. The molecule has 5 heteroatoms. The quantitative estimate of drug-likeness (QED) is 0.813. The number of anilines is 2. The normalized spacial score (nSPS) is 15.4. The second kappa shape index (κ2) is 5.63. The first-order chi connectivity index (χ1) is 9.78. The third-order valence-corrected chi connectivity index (χ3v) is 4.74. The van der Waals surface area contributed by atoms with Gasteiger partial charge in [-0.05, 0) is 19.1 Å². The molecule has 1 aliphatic heterocycles. The molecule has 1 fully saturated rings. The molecule has 2 heterocycles. The number of benzene rings is 1. The monoisotopic (exact) mass is 287 g/mol. The van der Waals surface area contributed by atoms with E-state index < -0.39 is 0 Å². The summed E-state index contributed by atoms with van der Waals surface area (Å²) in [5.74, 6) is 0. The van der Waals surface area contributed by atoms with Crippen molar-refractivity contribution in [2.45, 2.75) is 6.92 Å². The van der Waals surface area contributed by atoms with E-state index in [1.165, 1.54) is 17.0 Å². The van der Waals surface area contributed by atoms with Crippen LogP contribution in [-0.2, 0) is 0 Å². The minimum Gasteiger partial charge on any atom is -0.368 e. The largest absolute Gasteiger partial charge is 0.368 e. The van der Waals surface area contributed by atoms with E-state index in [-0.39, 0.29) is 0 Å². The zero-order valence-corrected chi connectivity index (χ0v) is 12.3. The van der Waals surface area contributed by atoms with Crippen molar-refractivity contribution in [1.82, 2.24) is 4.98 Å². The van der Waals surface area contributed by atoms with Gasteiger partial charge in [0.05, 0.1) is 10.6 Å². The van der Waals surface area contributed by atoms with Gasteiger partial charge >= 0.3 is 0 Å². The van der Waals surface area contributed by atoms with Crippen molar-refractivity contribution in [2.75, 3.05) is 36.0 Å². The molecular weight excluding hydrogens is 270 g/mol. The number of para-hydroxylation sites is 1. The standard InChI is InChI=1S/C15H17N3OS/c1-12-14(11-19)20-15(16-12)18-9-7-17(8-10-18)13-5-3-2-4-6-13/h2-6,11H,7-10H2,1H3. The molecule has 0 amide bonds. The van der Waals surface area contributed by atoms with E-state index in [1.807, 2.05) is 13.0 Å². The molecule has 0 spiro atoms. The molecule has 20 heavy (non-hydrogen) atoms. The van der Waals surface area contributed by atoms with Gasteiger partial charge in [-0.15, -0.1) is 0 Å². The van der Waals surface area contributed by atoms with Gasteiger partial charge in [-0.2, -0.15) is 0 Å². The molecule has 0 N–H and O–H groups in total. The molecule has 3 rings (SSSR count). The predicted octanol–water partition coefficient (Wildman–Crippen LogP) is 2.59. The number of rotatable bonds is 3. The minimum absolute atomic E-state index is 0.741. The molecule has 1 aromatic carbocycles. The van der Waals surface area contributed by atoms with E-state index in [4.69, 9.17) is 0 Å². The molecule has 104 valence electrons. The van der Waals surface area contributed by atoms with Gasteiger partial charge in [0.25, 0.3) is 0 Å². The highest BCUT2D eigenvalue weighted by Gasteiger charge is 2.20. The van der Waals surface area contributed by atoms with Crippen LogP contribution in [0.25, 0.3) is 0 Å². The summed E-state index contributed by atoms with van der Waals surface area (Å²) in [5, 5.41) is 0.970. The number of carbonyl (C=O) groups excluding carboxylic acids is 1. The smallest absolute Gasteiger partial charge is 0.186 e. The topological polar surface area (TPSA) is 36.4 Å².